The maximum atomic E-state index is 12.6. The number of ether oxygens (including phenoxy) is 1. The molecule has 3 rings (SSSR count). The summed E-state index contributed by atoms with van der Waals surface area (Å²) >= 11 is 0. The van der Waals surface area contributed by atoms with Crippen LogP contribution in [-0.4, -0.2) is 11.9 Å². The van der Waals surface area contributed by atoms with Crippen LogP contribution >= 0.6 is 0 Å². The van der Waals surface area contributed by atoms with E-state index in [1.54, 1.807) is 0 Å². The minimum atomic E-state index is 0.0113. The summed E-state index contributed by atoms with van der Waals surface area (Å²) < 4.78 is 5.66. The SMILES string of the molecule is Cc1c(N)cccc1C(=O)c1ccc2c(c1)CC(C)O2. The van der Waals surface area contributed by atoms with E-state index in [0.29, 0.717) is 16.8 Å². The molecule has 3 heteroatoms. The van der Waals surface area contributed by atoms with Crippen LogP contribution in [0, 0.1) is 6.92 Å². The summed E-state index contributed by atoms with van der Waals surface area (Å²) in [6.45, 7) is 3.91. The molecule has 2 aromatic rings. The molecular weight excluding hydrogens is 250 g/mol. The molecular formula is C17H17NO2. The molecule has 1 atom stereocenters. The summed E-state index contributed by atoms with van der Waals surface area (Å²) in [5.41, 5.74) is 9.81. The van der Waals surface area contributed by atoms with Gasteiger partial charge < -0.3 is 10.5 Å². The lowest BCUT2D eigenvalue weighted by molar-refractivity contribution is 0.103. The Hall–Kier alpha value is -2.29. The van der Waals surface area contributed by atoms with Crippen LogP contribution in [0.15, 0.2) is 36.4 Å². The molecule has 1 unspecified atom stereocenters. The number of carbonyl (C=O) groups excluding carboxylic acids is 1. The Balaban J connectivity index is 2.00. The summed E-state index contributed by atoms with van der Waals surface area (Å²) in [6.07, 6.45) is 1.04. The number of nitrogens with two attached hydrogens (primary N) is 1. The van der Waals surface area contributed by atoms with Gasteiger partial charge in [0.05, 0.1) is 0 Å². The first-order valence-corrected chi connectivity index (χ1v) is 6.75. The number of fused-ring (bicyclic) bond motifs is 1. The molecule has 1 aliphatic rings. The first-order chi connectivity index (χ1) is 9.56. The van der Waals surface area contributed by atoms with Gasteiger partial charge >= 0.3 is 0 Å². The van der Waals surface area contributed by atoms with E-state index in [1.807, 2.05) is 50.2 Å². The maximum absolute atomic E-state index is 12.6. The van der Waals surface area contributed by atoms with Crippen LogP contribution in [0.5, 0.6) is 5.75 Å². The zero-order valence-electron chi connectivity index (χ0n) is 11.6. The summed E-state index contributed by atoms with van der Waals surface area (Å²) in [4.78, 5) is 12.6. The highest BCUT2D eigenvalue weighted by Gasteiger charge is 2.21. The smallest absolute Gasteiger partial charge is 0.193 e. The van der Waals surface area contributed by atoms with Crippen LogP contribution in [0.25, 0.3) is 0 Å². The Labute approximate surface area is 118 Å². The highest BCUT2D eigenvalue weighted by molar-refractivity contribution is 6.10. The van der Waals surface area contributed by atoms with Crippen molar-refractivity contribution in [2.24, 2.45) is 0 Å². The number of hydrogen-bond acceptors (Lipinski definition) is 3. The molecule has 0 saturated carbocycles. The second kappa shape index (κ2) is 4.67. The first kappa shape index (κ1) is 12.7. The minimum Gasteiger partial charge on any atom is -0.490 e. The average Bonchev–Trinajstić information content (AvgIpc) is 2.80. The van der Waals surface area contributed by atoms with Crippen molar-refractivity contribution < 1.29 is 9.53 Å². The molecule has 0 saturated heterocycles. The van der Waals surface area contributed by atoms with Gasteiger partial charge in [0.1, 0.15) is 11.9 Å². The summed E-state index contributed by atoms with van der Waals surface area (Å²) in [6, 6.07) is 11.1. The van der Waals surface area contributed by atoms with Crippen LogP contribution < -0.4 is 10.5 Å². The third kappa shape index (κ3) is 2.05. The van der Waals surface area contributed by atoms with Crippen LogP contribution in [0.2, 0.25) is 0 Å². The molecule has 2 aromatic carbocycles. The largest absolute Gasteiger partial charge is 0.490 e. The molecule has 1 heterocycles. The molecule has 0 fully saturated rings. The molecule has 0 bridgehead atoms. The van der Waals surface area contributed by atoms with Crippen LogP contribution in [0.1, 0.15) is 34.0 Å². The highest BCUT2D eigenvalue weighted by Crippen LogP contribution is 2.30. The molecule has 0 radical (unpaired) electrons. The van der Waals surface area contributed by atoms with E-state index in [4.69, 9.17) is 10.5 Å². The maximum Gasteiger partial charge on any atom is 0.193 e. The number of nitrogen functional groups attached to an aromatic ring is 1. The van der Waals surface area contributed by atoms with Gasteiger partial charge in [-0.05, 0) is 49.2 Å². The van der Waals surface area contributed by atoms with Gasteiger partial charge in [-0.3, -0.25) is 4.79 Å². The van der Waals surface area contributed by atoms with Crippen molar-refractivity contribution in [3.63, 3.8) is 0 Å². The molecule has 0 aromatic heterocycles. The molecule has 102 valence electrons. The average molecular weight is 267 g/mol. The molecule has 0 spiro atoms. The Morgan fingerprint density at radius 3 is 2.90 bits per heavy atom. The van der Waals surface area contributed by atoms with Crippen LogP contribution in [0.3, 0.4) is 0 Å². The standard InChI is InChI=1S/C17H17NO2/c1-10-8-13-9-12(6-7-16(13)20-10)17(19)14-4-3-5-15(18)11(14)2/h3-7,9-10H,8,18H2,1-2H3. The van der Waals surface area contributed by atoms with E-state index >= 15 is 0 Å². The van der Waals surface area contributed by atoms with E-state index in [-0.39, 0.29) is 11.9 Å². The van der Waals surface area contributed by atoms with E-state index in [2.05, 4.69) is 0 Å². The van der Waals surface area contributed by atoms with Gasteiger partial charge in [-0.15, -0.1) is 0 Å². The third-order valence-electron chi connectivity index (χ3n) is 3.78. The molecule has 20 heavy (non-hydrogen) atoms. The number of benzene rings is 2. The topological polar surface area (TPSA) is 52.3 Å². The van der Waals surface area contributed by atoms with Gasteiger partial charge in [0.2, 0.25) is 0 Å². The fourth-order valence-electron chi connectivity index (χ4n) is 2.62. The molecule has 2 N–H and O–H groups in total. The second-order valence-corrected chi connectivity index (χ2v) is 5.30. The number of anilines is 1. The van der Waals surface area contributed by atoms with Gasteiger partial charge in [0.25, 0.3) is 0 Å². The Kier molecular flexibility index (Phi) is 2.97. The van der Waals surface area contributed by atoms with Gasteiger partial charge in [-0.25, -0.2) is 0 Å². The highest BCUT2D eigenvalue weighted by atomic mass is 16.5. The minimum absolute atomic E-state index is 0.0113. The lowest BCUT2D eigenvalue weighted by Gasteiger charge is -2.08. The number of rotatable bonds is 2. The predicted octanol–water partition coefficient (Wildman–Crippen LogP) is 3.13. The van der Waals surface area contributed by atoms with Crippen LogP contribution in [0.4, 0.5) is 5.69 Å². The Morgan fingerprint density at radius 2 is 2.10 bits per heavy atom. The van der Waals surface area contributed by atoms with Crippen molar-refractivity contribution in [2.45, 2.75) is 26.4 Å². The van der Waals surface area contributed by atoms with E-state index in [0.717, 1.165) is 23.3 Å². The lowest BCUT2D eigenvalue weighted by Crippen LogP contribution is -2.06. The third-order valence-corrected chi connectivity index (χ3v) is 3.78. The number of hydrogen-bond donors (Lipinski definition) is 1. The fourth-order valence-corrected chi connectivity index (χ4v) is 2.62. The van der Waals surface area contributed by atoms with E-state index in [9.17, 15) is 4.79 Å². The Morgan fingerprint density at radius 1 is 1.30 bits per heavy atom. The molecule has 1 aliphatic heterocycles. The summed E-state index contributed by atoms with van der Waals surface area (Å²) in [7, 11) is 0. The molecule has 3 nitrogen and oxygen atoms in total. The van der Waals surface area contributed by atoms with Gasteiger partial charge in [-0.2, -0.15) is 0 Å². The van der Waals surface area contributed by atoms with Gasteiger partial charge in [-0.1, -0.05) is 12.1 Å². The monoisotopic (exact) mass is 267 g/mol. The van der Waals surface area contributed by atoms with Crippen molar-refractivity contribution in [3.05, 3.63) is 58.7 Å². The van der Waals surface area contributed by atoms with E-state index in [1.165, 1.54) is 0 Å². The van der Waals surface area contributed by atoms with Crippen molar-refractivity contribution in [1.29, 1.82) is 0 Å². The van der Waals surface area contributed by atoms with Crippen molar-refractivity contribution in [2.75, 3.05) is 5.73 Å². The summed E-state index contributed by atoms with van der Waals surface area (Å²) in [5, 5.41) is 0. The Bertz CT molecular complexity index is 691. The van der Waals surface area contributed by atoms with Gasteiger partial charge in [0.15, 0.2) is 5.78 Å². The first-order valence-electron chi connectivity index (χ1n) is 6.75. The normalized spacial score (nSPS) is 16.6. The van der Waals surface area contributed by atoms with Crippen molar-refractivity contribution in [3.8, 4) is 5.75 Å². The zero-order chi connectivity index (χ0) is 14.3. The molecule has 0 amide bonds. The van der Waals surface area contributed by atoms with E-state index < -0.39 is 0 Å². The number of ketones is 1. The van der Waals surface area contributed by atoms with Crippen LogP contribution in [-0.2, 0) is 6.42 Å². The fraction of sp³-hybridized carbons (Fsp3) is 0.235. The van der Waals surface area contributed by atoms with Crippen molar-refractivity contribution in [1.82, 2.24) is 0 Å². The zero-order valence-corrected chi connectivity index (χ0v) is 11.6. The quantitative estimate of drug-likeness (QED) is 0.672. The summed E-state index contributed by atoms with van der Waals surface area (Å²) in [5.74, 6) is 0.899. The molecule has 0 aliphatic carbocycles. The van der Waals surface area contributed by atoms with Crippen molar-refractivity contribution >= 4 is 11.5 Å². The lowest BCUT2D eigenvalue weighted by atomic mass is 9.96. The predicted molar refractivity (Wildman–Crippen MR) is 79.3 cm³/mol. The van der Waals surface area contributed by atoms with Gasteiger partial charge in [0, 0.05) is 23.2 Å². The number of carbonyl (C=O) groups is 1. The second-order valence-electron chi connectivity index (χ2n) is 5.30.